The molecular weight excluding hydrogens is 228 g/mol. The number of pyridine rings is 1. The number of nitrogens with zero attached hydrogens (tertiary/aromatic N) is 2. The number of hydrogen-bond donors (Lipinski definition) is 1. The standard InChI is InChI=1S/C10H12N2OS2/c1-7-3-4-11-8(5-7)12-9(14)15-6-10(12,2)13/h3-5,13H,6H2,1-2H3. The van der Waals surface area contributed by atoms with Crippen molar-refractivity contribution in [3.05, 3.63) is 23.9 Å². The Labute approximate surface area is 98.5 Å². The molecule has 0 bridgehead atoms. The summed E-state index contributed by atoms with van der Waals surface area (Å²) < 4.78 is 0.679. The molecule has 1 N–H and O–H groups in total. The molecule has 80 valence electrons. The number of thiocarbonyl (C=S) groups is 1. The van der Waals surface area contributed by atoms with Crippen LogP contribution in [0.5, 0.6) is 0 Å². The SMILES string of the molecule is Cc1ccnc(N2C(=S)SCC2(C)O)c1. The Balaban J connectivity index is 2.41. The maximum absolute atomic E-state index is 10.1. The summed E-state index contributed by atoms with van der Waals surface area (Å²) in [4.78, 5) is 5.94. The van der Waals surface area contributed by atoms with Crippen molar-refractivity contribution in [2.75, 3.05) is 10.7 Å². The van der Waals surface area contributed by atoms with Crippen LogP contribution in [0.4, 0.5) is 5.82 Å². The van der Waals surface area contributed by atoms with Gasteiger partial charge >= 0.3 is 0 Å². The molecule has 0 spiro atoms. The van der Waals surface area contributed by atoms with Crippen molar-refractivity contribution in [2.24, 2.45) is 0 Å². The molecule has 0 saturated carbocycles. The highest BCUT2D eigenvalue weighted by Crippen LogP contribution is 2.34. The summed E-state index contributed by atoms with van der Waals surface area (Å²) in [5.41, 5.74) is 0.179. The van der Waals surface area contributed by atoms with Crippen LogP contribution < -0.4 is 4.90 Å². The van der Waals surface area contributed by atoms with Crippen LogP contribution in [0.15, 0.2) is 18.3 Å². The van der Waals surface area contributed by atoms with Crippen molar-refractivity contribution in [3.8, 4) is 0 Å². The van der Waals surface area contributed by atoms with Gasteiger partial charge in [0, 0.05) is 11.9 Å². The minimum Gasteiger partial charge on any atom is -0.370 e. The topological polar surface area (TPSA) is 36.4 Å². The number of rotatable bonds is 1. The third kappa shape index (κ3) is 2.00. The van der Waals surface area contributed by atoms with Crippen LogP contribution in [0.2, 0.25) is 0 Å². The minimum atomic E-state index is -0.928. The van der Waals surface area contributed by atoms with Gasteiger partial charge in [-0.25, -0.2) is 4.98 Å². The van der Waals surface area contributed by atoms with Crippen LogP contribution in [0.1, 0.15) is 12.5 Å². The molecule has 0 aromatic carbocycles. The Bertz CT molecular complexity index is 406. The van der Waals surface area contributed by atoms with E-state index in [0.717, 1.165) is 11.4 Å². The van der Waals surface area contributed by atoms with Crippen molar-refractivity contribution >= 4 is 34.1 Å². The van der Waals surface area contributed by atoms with E-state index in [1.54, 1.807) is 18.0 Å². The Kier molecular flexibility index (Phi) is 2.70. The Morgan fingerprint density at radius 2 is 2.40 bits per heavy atom. The number of aryl methyl sites for hydroxylation is 1. The van der Waals surface area contributed by atoms with Gasteiger partial charge in [-0.2, -0.15) is 0 Å². The summed E-state index contributed by atoms with van der Waals surface area (Å²) in [6.07, 6.45) is 1.73. The molecule has 1 fully saturated rings. The number of aromatic nitrogens is 1. The van der Waals surface area contributed by atoms with Crippen LogP contribution >= 0.6 is 24.0 Å². The van der Waals surface area contributed by atoms with E-state index in [1.807, 2.05) is 19.1 Å². The second kappa shape index (κ2) is 3.73. The van der Waals surface area contributed by atoms with Gasteiger partial charge in [0.25, 0.3) is 0 Å². The van der Waals surface area contributed by atoms with Crippen LogP contribution in [0, 0.1) is 6.92 Å². The highest BCUT2D eigenvalue weighted by atomic mass is 32.2. The Morgan fingerprint density at radius 3 is 2.93 bits per heavy atom. The summed E-state index contributed by atoms with van der Waals surface area (Å²) in [5.74, 6) is 1.30. The predicted molar refractivity (Wildman–Crippen MR) is 67.1 cm³/mol. The molecule has 1 aliphatic rings. The fourth-order valence-electron chi connectivity index (χ4n) is 1.51. The van der Waals surface area contributed by atoms with Gasteiger partial charge in [-0.3, -0.25) is 4.90 Å². The Morgan fingerprint density at radius 1 is 1.67 bits per heavy atom. The number of hydrogen-bond acceptors (Lipinski definition) is 4. The molecule has 1 atom stereocenters. The van der Waals surface area contributed by atoms with E-state index in [9.17, 15) is 5.11 Å². The van der Waals surface area contributed by atoms with Crippen LogP contribution in [0.25, 0.3) is 0 Å². The van der Waals surface area contributed by atoms with Gasteiger partial charge in [-0.15, -0.1) is 0 Å². The normalized spacial score (nSPS) is 26.1. The number of anilines is 1. The maximum atomic E-state index is 10.1. The van der Waals surface area contributed by atoms with Gasteiger partial charge in [0.2, 0.25) is 0 Å². The zero-order chi connectivity index (χ0) is 11.1. The second-order valence-electron chi connectivity index (χ2n) is 3.80. The smallest absolute Gasteiger partial charge is 0.151 e. The molecule has 0 amide bonds. The van der Waals surface area contributed by atoms with Crippen LogP contribution in [0.3, 0.4) is 0 Å². The van der Waals surface area contributed by atoms with Crippen molar-refractivity contribution in [1.29, 1.82) is 0 Å². The quantitative estimate of drug-likeness (QED) is 0.759. The van der Waals surface area contributed by atoms with Gasteiger partial charge in [-0.1, -0.05) is 24.0 Å². The van der Waals surface area contributed by atoms with E-state index >= 15 is 0 Å². The molecular formula is C10H12N2OS2. The highest BCUT2D eigenvalue weighted by Gasteiger charge is 2.39. The third-order valence-corrected chi connectivity index (χ3v) is 3.92. The van der Waals surface area contributed by atoms with Crippen molar-refractivity contribution < 1.29 is 5.11 Å². The number of thioether (sulfide) groups is 1. The van der Waals surface area contributed by atoms with Gasteiger partial charge in [0.15, 0.2) is 5.72 Å². The first-order valence-electron chi connectivity index (χ1n) is 4.63. The van der Waals surface area contributed by atoms with E-state index in [0.29, 0.717) is 10.1 Å². The fourth-order valence-corrected chi connectivity index (χ4v) is 2.92. The van der Waals surface area contributed by atoms with Crippen molar-refractivity contribution in [2.45, 2.75) is 19.6 Å². The van der Waals surface area contributed by atoms with E-state index in [1.165, 1.54) is 11.8 Å². The third-order valence-electron chi connectivity index (χ3n) is 2.26. The average Bonchev–Trinajstić information content (AvgIpc) is 2.40. The molecule has 1 aromatic heterocycles. The maximum Gasteiger partial charge on any atom is 0.151 e. The Hall–Kier alpha value is -0.650. The molecule has 1 aromatic rings. The first kappa shape index (κ1) is 10.9. The lowest BCUT2D eigenvalue weighted by molar-refractivity contribution is 0.0994. The number of aliphatic hydroxyl groups is 1. The van der Waals surface area contributed by atoms with Crippen LogP contribution in [-0.2, 0) is 0 Å². The summed E-state index contributed by atoms with van der Waals surface area (Å²) in [7, 11) is 0. The van der Waals surface area contributed by atoms with Crippen molar-refractivity contribution in [1.82, 2.24) is 4.98 Å². The molecule has 2 rings (SSSR count). The first-order chi connectivity index (χ1) is 7.00. The molecule has 15 heavy (non-hydrogen) atoms. The molecule has 1 unspecified atom stereocenters. The lowest BCUT2D eigenvalue weighted by Crippen LogP contribution is -2.45. The largest absolute Gasteiger partial charge is 0.370 e. The van der Waals surface area contributed by atoms with E-state index < -0.39 is 5.72 Å². The molecule has 0 aliphatic carbocycles. The lowest BCUT2D eigenvalue weighted by Gasteiger charge is -2.29. The summed E-state index contributed by atoms with van der Waals surface area (Å²) in [5, 5.41) is 10.1. The monoisotopic (exact) mass is 240 g/mol. The van der Waals surface area contributed by atoms with E-state index in [4.69, 9.17) is 12.2 Å². The molecule has 0 radical (unpaired) electrons. The fraction of sp³-hybridized carbons (Fsp3) is 0.400. The minimum absolute atomic E-state index is 0.585. The van der Waals surface area contributed by atoms with Crippen molar-refractivity contribution in [3.63, 3.8) is 0 Å². The molecule has 2 heterocycles. The molecule has 3 nitrogen and oxygen atoms in total. The lowest BCUT2D eigenvalue weighted by atomic mass is 10.2. The van der Waals surface area contributed by atoms with Gasteiger partial charge < -0.3 is 5.11 Å². The molecule has 5 heteroatoms. The molecule has 1 saturated heterocycles. The van der Waals surface area contributed by atoms with Crippen LogP contribution in [-0.4, -0.2) is 25.9 Å². The van der Waals surface area contributed by atoms with Gasteiger partial charge in [0.1, 0.15) is 10.1 Å². The summed E-state index contributed by atoms with van der Waals surface area (Å²) >= 11 is 6.68. The second-order valence-corrected chi connectivity index (χ2v) is 5.41. The summed E-state index contributed by atoms with van der Waals surface area (Å²) in [6, 6.07) is 3.84. The van der Waals surface area contributed by atoms with E-state index in [-0.39, 0.29) is 0 Å². The first-order valence-corrected chi connectivity index (χ1v) is 6.02. The zero-order valence-electron chi connectivity index (χ0n) is 8.60. The van der Waals surface area contributed by atoms with Gasteiger partial charge in [0.05, 0.1) is 0 Å². The molecule has 1 aliphatic heterocycles. The zero-order valence-corrected chi connectivity index (χ0v) is 10.2. The highest BCUT2D eigenvalue weighted by molar-refractivity contribution is 8.23. The average molecular weight is 240 g/mol. The summed E-state index contributed by atoms with van der Waals surface area (Å²) in [6.45, 7) is 3.75. The van der Waals surface area contributed by atoms with Gasteiger partial charge in [-0.05, 0) is 31.5 Å². The van der Waals surface area contributed by atoms with E-state index in [2.05, 4.69) is 4.98 Å². The predicted octanol–water partition coefficient (Wildman–Crippen LogP) is 1.94.